The second kappa shape index (κ2) is 5.31. The molecule has 0 spiro atoms. The maximum atomic E-state index is 11.8. The van der Waals surface area contributed by atoms with Crippen LogP contribution in [0, 0.1) is 0 Å². The summed E-state index contributed by atoms with van der Waals surface area (Å²) in [5.74, 6) is -0.953. The van der Waals surface area contributed by atoms with Gasteiger partial charge in [0.25, 0.3) is 0 Å². The number of nitrogens with zero attached hydrogens (tertiary/aromatic N) is 4. The summed E-state index contributed by atoms with van der Waals surface area (Å²) in [5, 5.41) is 22.9. The maximum Gasteiger partial charge on any atom is 0.352 e. The molecule has 1 amide bonds. The second-order valence-electron chi connectivity index (χ2n) is 4.57. The lowest BCUT2D eigenvalue weighted by Gasteiger charge is -2.48. The van der Waals surface area contributed by atoms with Gasteiger partial charge in [-0.05, 0) is 17.7 Å². The van der Waals surface area contributed by atoms with Crippen LogP contribution in [0.4, 0.5) is 0 Å². The van der Waals surface area contributed by atoms with Gasteiger partial charge < -0.3 is 10.8 Å². The summed E-state index contributed by atoms with van der Waals surface area (Å²) in [6.45, 7) is 1.85. The molecule has 1 aromatic rings. The molecule has 1 fully saturated rings. The Morgan fingerprint density at radius 1 is 1.67 bits per heavy atom. The molecule has 9 nitrogen and oxygen atoms in total. The lowest BCUT2D eigenvalue weighted by Crippen LogP contribution is -2.68. The quantitative estimate of drug-likeness (QED) is 0.482. The largest absolute Gasteiger partial charge is 0.477 e. The molecule has 0 radical (unpaired) electrons. The first-order valence-corrected chi connectivity index (χ1v) is 8.00. The molecule has 21 heavy (non-hydrogen) atoms. The van der Waals surface area contributed by atoms with E-state index in [0.29, 0.717) is 16.5 Å². The van der Waals surface area contributed by atoms with Gasteiger partial charge in [0.15, 0.2) is 0 Å². The highest BCUT2D eigenvalue weighted by Gasteiger charge is 2.52. The van der Waals surface area contributed by atoms with Crippen LogP contribution in [0.1, 0.15) is 6.92 Å². The number of aromatic nitrogens is 4. The number of nitrogens with one attached hydrogen (secondary N) is 1. The lowest BCUT2D eigenvalue weighted by molar-refractivity contribution is -0.148. The highest BCUT2D eigenvalue weighted by molar-refractivity contribution is 8.01. The van der Waals surface area contributed by atoms with Crippen molar-refractivity contribution in [2.24, 2.45) is 5.73 Å². The van der Waals surface area contributed by atoms with Crippen LogP contribution >= 0.6 is 23.5 Å². The Balaban J connectivity index is 1.90. The summed E-state index contributed by atoms with van der Waals surface area (Å²) in [6.07, 6.45) is 0. The average Bonchev–Trinajstić information content (AvgIpc) is 2.97. The predicted octanol–water partition coefficient (Wildman–Crippen LogP) is -0.739. The Hall–Kier alpha value is -1.59. The number of hydrogen-bond acceptors (Lipinski definition) is 8. The monoisotopic (exact) mass is 328 g/mol. The smallest absolute Gasteiger partial charge is 0.352 e. The zero-order valence-electron chi connectivity index (χ0n) is 10.9. The number of rotatable bonds is 4. The molecule has 11 heteroatoms. The minimum absolute atomic E-state index is 0.0361. The van der Waals surface area contributed by atoms with Crippen LogP contribution in [0.15, 0.2) is 16.4 Å². The zero-order valence-corrected chi connectivity index (χ0v) is 12.5. The van der Waals surface area contributed by atoms with Crippen molar-refractivity contribution >= 4 is 35.4 Å². The first-order chi connectivity index (χ1) is 10.0. The Kier molecular flexibility index (Phi) is 3.63. The maximum absolute atomic E-state index is 11.8. The number of carbonyl (C=O) groups excluding carboxylic acids is 1. The van der Waals surface area contributed by atoms with Gasteiger partial charge in [-0.25, -0.2) is 4.79 Å². The molecule has 0 unspecified atom stereocenters. The molecular formula is C10H12N6O3S2. The van der Waals surface area contributed by atoms with Gasteiger partial charge in [-0.15, -0.1) is 22.0 Å². The number of amides is 1. The SMILES string of the molecule is C[C@@H](Sc1nn[nH]n1)C1=C(C(=O)O)N2C(=O)[C@@H](N)[C@@H]2SC1. The van der Waals surface area contributed by atoms with E-state index in [1.807, 2.05) is 6.92 Å². The van der Waals surface area contributed by atoms with Crippen molar-refractivity contribution in [3.8, 4) is 0 Å². The van der Waals surface area contributed by atoms with Crippen LogP contribution < -0.4 is 5.73 Å². The van der Waals surface area contributed by atoms with Crippen LogP contribution in [0.5, 0.6) is 0 Å². The van der Waals surface area contributed by atoms with Crippen LogP contribution in [0.3, 0.4) is 0 Å². The van der Waals surface area contributed by atoms with Crippen LogP contribution in [0.2, 0.25) is 0 Å². The number of carboxylic acids is 1. The van der Waals surface area contributed by atoms with Crippen LogP contribution in [-0.2, 0) is 9.59 Å². The number of aromatic amines is 1. The van der Waals surface area contributed by atoms with Crippen molar-refractivity contribution in [3.05, 3.63) is 11.3 Å². The molecule has 0 aliphatic carbocycles. The van der Waals surface area contributed by atoms with Gasteiger partial charge in [0.2, 0.25) is 11.1 Å². The summed E-state index contributed by atoms with van der Waals surface area (Å²) in [7, 11) is 0. The fourth-order valence-electron chi connectivity index (χ4n) is 2.28. The van der Waals surface area contributed by atoms with E-state index in [0.717, 1.165) is 0 Å². The topological polar surface area (TPSA) is 138 Å². The molecule has 0 saturated carbocycles. The molecule has 2 aliphatic rings. The predicted molar refractivity (Wildman–Crippen MR) is 75.2 cm³/mol. The van der Waals surface area contributed by atoms with E-state index in [9.17, 15) is 14.7 Å². The van der Waals surface area contributed by atoms with Crippen molar-refractivity contribution in [1.29, 1.82) is 0 Å². The van der Waals surface area contributed by atoms with Crippen LogP contribution in [-0.4, -0.2) is 64.9 Å². The summed E-state index contributed by atoms with van der Waals surface area (Å²) in [5.41, 5.74) is 6.41. The fourth-order valence-corrected chi connectivity index (χ4v) is 4.64. The summed E-state index contributed by atoms with van der Waals surface area (Å²) in [4.78, 5) is 24.7. The molecule has 2 aliphatic heterocycles. The van der Waals surface area contributed by atoms with E-state index in [1.54, 1.807) is 0 Å². The number of tetrazole rings is 1. The van der Waals surface area contributed by atoms with E-state index in [1.165, 1.54) is 28.4 Å². The molecular weight excluding hydrogens is 316 g/mol. The number of fused-ring (bicyclic) bond motifs is 1. The highest BCUT2D eigenvalue weighted by atomic mass is 32.2. The Bertz CT molecular complexity index is 618. The first kappa shape index (κ1) is 14.4. The van der Waals surface area contributed by atoms with E-state index >= 15 is 0 Å². The second-order valence-corrected chi connectivity index (χ2v) is 6.98. The Labute approximate surface area is 127 Å². The summed E-state index contributed by atoms with van der Waals surface area (Å²) in [6, 6.07) is -0.619. The molecule has 1 aromatic heterocycles. The fraction of sp³-hybridized carbons (Fsp3) is 0.500. The Morgan fingerprint density at radius 3 is 3.05 bits per heavy atom. The van der Waals surface area contributed by atoms with Crippen molar-refractivity contribution in [1.82, 2.24) is 25.5 Å². The van der Waals surface area contributed by atoms with Gasteiger partial charge in [0.1, 0.15) is 17.1 Å². The van der Waals surface area contributed by atoms with Gasteiger partial charge >= 0.3 is 5.97 Å². The molecule has 3 atom stereocenters. The standard InChI is InChI=1S/C10H12N6O3S2/c1-3(21-10-12-14-15-13-10)4-2-20-8-5(11)7(17)16(8)6(4)9(18)19/h3,5,8H,2,11H2,1H3,(H,18,19)(H,12,13,14,15)/t3-,5-,8+/m1/s1. The third kappa shape index (κ3) is 2.30. The van der Waals surface area contributed by atoms with Crippen molar-refractivity contribution in [2.75, 3.05) is 5.75 Å². The summed E-state index contributed by atoms with van der Waals surface area (Å²) < 4.78 is 0. The molecule has 3 rings (SSSR count). The molecule has 0 bridgehead atoms. The molecule has 112 valence electrons. The van der Waals surface area contributed by atoms with E-state index in [4.69, 9.17) is 5.73 Å². The van der Waals surface area contributed by atoms with Gasteiger partial charge in [-0.3, -0.25) is 9.69 Å². The normalized spacial score (nSPS) is 26.4. The number of nitrogens with two attached hydrogens (primary N) is 1. The zero-order chi connectivity index (χ0) is 15.1. The number of thioether (sulfide) groups is 2. The van der Waals surface area contributed by atoms with Crippen molar-refractivity contribution < 1.29 is 14.7 Å². The lowest BCUT2D eigenvalue weighted by atomic mass is 10.0. The van der Waals surface area contributed by atoms with Gasteiger partial charge in [0, 0.05) is 11.0 Å². The van der Waals surface area contributed by atoms with Crippen molar-refractivity contribution in [2.45, 2.75) is 28.7 Å². The third-order valence-electron chi connectivity index (χ3n) is 3.34. The number of carboxylic acid groups (broad SMARTS) is 1. The molecule has 3 heterocycles. The summed E-state index contributed by atoms with van der Waals surface area (Å²) >= 11 is 2.76. The molecule has 4 N–H and O–H groups in total. The van der Waals surface area contributed by atoms with Gasteiger partial charge in [0.05, 0.1) is 0 Å². The number of aliphatic carboxylic acids is 1. The van der Waals surface area contributed by atoms with Crippen LogP contribution in [0.25, 0.3) is 0 Å². The number of β-lactam (4-membered cyclic amide) rings is 1. The van der Waals surface area contributed by atoms with Gasteiger partial charge in [-0.1, -0.05) is 11.8 Å². The van der Waals surface area contributed by atoms with E-state index in [2.05, 4.69) is 20.6 Å². The average molecular weight is 328 g/mol. The molecule has 0 aromatic carbocycles. The highest BCUT2D eigenvalue weighted by Crippen LogP contribution is 2.42. The number of hydrogen-bond donors (Lipinski definition) is 3. The number of H-pyrrole nitrogens is 1. The molecule has 1 saturated heterocycles. The third-order valence-corrected chi connectivity index (χ3v) is 5.69. The minimum atomic E-state index is -1.11. The van der Waals surface area contributed by atoms with E-state index < -0.39 is 12.0 Å². The minimum Gasteiger partial charge on any atom is -0.477 e. The van der Waals surface area contributed by atoms with E-state index in [-0.39, 0.29) is 22.2 Å². The first-order valence-electron chi connectivity index (χ1n) is 6.07. The van der Waals surface area contributed by atoms with Crippen molar-refractivity contribution in [3.63, 3.8) is 0 Å². The number of carbonyl (C=O) groups is 2. The Morgan fingerprint density at radius 2 is 2.43 bits per heavy atom. The van der Waals surface area contributed by atoms with Gasteiger partial charge in [-0.2, -0.15) is 5.21 Å².